The number of benzene rings is 1. The molecule has 0 radical (unpaired) electrons. The minimum atomic E-state index is 0.0322. The van der Waals surface area contributed by atoms with E-state index in [1.54, 1.807) is 11.8 Å². The third-order valence-electron chi connectivity index (χ3n) is 2.70. The van der Waals surface area contributed by atoms with Crippen molar-refractivity contribution < 1.29 is 4.79 Å². The van der Waals surface area contributed by atoms with Crippen molar-refractivity contribution in [3.63, 3.8) is 0 Å². The lowest BCUT2D eigenvalue weighted by Crippen LogP contribution is -2.15. The second kappa shape index (κ2) is 7.70. The van der Waals surface area contributed by atoms with Crippen LogP contribution in [0, 0.1) is 11.2 Å². The van der Waals surface area contributed by atoms with Gasteiger partial charge in [-0.2, -0.15) is 0 Å². The van der Waals surface area contributed by atoms with Crippen LogP contribution in [0.2, 0.25) is 0 Å². The van der Waals surface area contributed by atoms with Crippen molar-refractivity contribution in [1.29, 1.82) is 0 Å². The van der Waals surface area contributed by atoms with E-state index < -0.39 is 0 Å². The highest BCUT2D eigenvalue weighted by atomic mass is 32.2. The maximum absolute atomic E-state index is 10.4. The van der Waals surface area contributed by atoms with E-state index in [-0.39, 0.29) is 6.04 Å². The van der Waals surface area contributed by atoms with Crippen LogP contribution in [-0.2, 0) is 4.79 Å². The molecule has 19 heavy (non-hydrogen) atoms. The molecular weight excluding hydrogens is 254 g/mol. The van der Waals surface area contributed by atoms with Gasteiger partial charge in [-0.1, -0.05) is 35.8 Å². The quantitative estimate of drug-likeness (QED) is 0.650. The summed E-state index contributed by atoms with van der Waals surface area (Å²) in [4.78, 5) is 11.6. The Morgan fingerprint density at radius 2 is 1.95 bits per heavy atom. The summed E-state index contributed by atoms with van der Waals surface area (Å²) in [5.74, 6) is 2.90. The molecule has 0 fully saturated rings. The maximum atomic E-state index is 10.4. The van der Waals surface area contributed by atoms with E-state index in [0.717, 1.165) is 17.5 Å². The molecule has 1 N–H and O–H groups in total. The topological polar surface area (TPSA) is 29.1 Å². The van der Waals surface area contributed by atoms with E-state index in [0.29, 0.717) is 0 Å². The SMILES string of the molecule is CC#CSC(=C(C)C)c1ccc(C(C)NC=O)cc1. The zero-order chi connectivity index (χ0) is 14.3. The number of hydrogen-bond acceptors (Lipinski definition) is 2. The first-order valence-corrected chi connectivity index (χ1v) is 6.98. The van der Waals surface area contributed by atoms with Gasteiger partial charge in [-0.25, -0.2) is 0 Å². The highest BCUT2D eigenvalue weighted by molar-refractivity contribution is 8.12. The van der Waals surface area contributed by atoms with E-state index in [9.17, 15) is 4.79 Å². The van der Waals surface area contributed by atoms with Crippen LogP contribution in [0.25, 0.3) is 4.91 Å². The minimum absolute atomic E-state index is 0.0322. The normalized spacial score (nSPS) is 10.9. The van der Waals surface area contributed by atoms with Gasteiger partial charge in [0.15, 0.2) is 0 Å². The molecule has 0 aliphatic rings. The Hall–Kier alpha value is -1.66. The van der Waals surface area contributed by atoms with Crippen LogP contribution in [0.1, 0.15) is 44.9 Å². The van der Waals surface area contributed by atoms with Gasteiger partial charge in [0.05, 0.1) is 6.04 Å². The van der Waals surface area contributed by atoms with Crippen molar-refractivity contribution in [2.75, 3.05) is 0 Å². The van der Waals surface area contributed by atoms with Crippen LogP contribution >= 0.6 is 11.8 Å². The molecule has 1 amide bonds. The van der Waals surface area contributed by atoms with Crippen molar-refractivity contribution in [3.8, 4) is 11.2 Å². The summed E-state index contributed by atoms with van der Waals surface area (Å²) in [7, 11) is 0. The smallest absolute Gasteiger partial charge is 0.207 e. The fourth-order valence-corrected chi connectivity index (χ4v) is 2.34. The summed E-state index contributed by atoms with van der Waals surface area (Å²) in [6, 6.07) is 8.26. The molecular formula is C16H19NOS. The summed E-state index contributed by atoms with van der Waals surface area (Å²) < 4.78 is 0. The summed E-state index contributed by atoms with van der Waals surface area (Å²) in [6.45, 7) is 7.97. The molecule has 0 saturated heterocycles. The van der Waals surface area contributed by atoms with Crippen LogP contribution in [0.3, 0.4) is 0 Å². The molecule has 0 saturated carbocycles. The molecule has 0 aliphatic carbocycles. The first-order chi connectivity index (χ1) is 9.10. The molecule has 1 unspecified atom stereocenters. The van der Waals surface area contributed by atoms with Crippen molar-refractivity contribution in [2.24, 2.45) is 0 Å². The van der Waals surface area contributed by atoms with E-state index in [1.165, 1.54) is 10.5 Å². The molecule has 3 heteroatoms. The first kappa shape index (κ1) is 15.4. The Kier molecular flexibility index (Phi) is 6.24. The van der Waals surface area contributed by atoms with Gasteiger partial charge in [-0.15, -0.1) is 0 Å². The Labute approximate surface area is 119 Å². The molecule has 1 aromatic rings. The van der Waals surface area contributed by atoms with Gasteiger partial charge in [0, 0.05) is 4.91 Å². The van der Waals surface area contributed by atoms with Gasteiger partial charge in [-0.3, -0.25) is 4.79 Å². The number of amides is 1. The first-order valence-electron chi connectivity index (χ1n) is 6.16. The summed E-state index contributed by atoms with van der Waals surface area (Å²) >= 11 is 1.55. The summed E-state index contributed by atoms with van der Waals surface area (Å²) in [6.07, 6.45) is 0.729. The van der Waals surface area contributed by atoms with Crippen LogP contribution in [-0.4, -0.2) is 6.41 Å². The lowest BCUT2D eigenvalue weighted by molar-refractivity contribution is -0.110. The molecule has 0 heterocycles. The highest BCUT2D eigenvalue weighted by Gasteiger charge is 2.07. The molecule has 0 bridgehead atoms. The van der Waals surface area contributed by atoms with Gasteiger partial charge in [0.25, 0.3) is 0 Å². The summed E-state index contributed by atoms with van der Waals surface area (Å²) in [5.41, 5.74) is 3.50. The van der Waals surface area contributed by atoms with Gasteiger partial charge < -0.3 is 5.32 Å². The number of allylic oxidation sites excluding steroid dienone is 1. The molecule has 1 rings (SSSR count). The van der Waals surface area contributed by atoms with Crippen LogP contribution in [0.5, 0.6) is 0 Å². The van der Waals surface area contributed by atoms with Gasteiger partial charge in [0.1, 0.15) is 0 Å². The summed E-state index contributed by atoms with van der Waals surface area (Å²) in [5, 5.41) is 5.78. The second-order valence-electron chi connectivity index (χ2n) is 4.41. The van der Waals surface area contributed by atoms with Crippen LogP contribution in [0.4, 0.5) is 0 Å². The number of carbonyl (C=O) groups excluding carboxylic acids is 1. The van der Waals surface area contributed by atoms with Gasteiger partial charge in [-0.05, 0) is 55.8 Å². The van der Waals surface area contributed by atoms with Crippen LogP contribution in [0.15, 0.2) is 29.8 Å². The zero-order valence-corrected chi connectivity index (χ0v) is 12.6. The predicted molar refractivity (Wildman–Crippen MR) is 83.4 cm³/mol. The Morgan fingerprint density at radius 1 is 1.32 bits per heavy atom. The van der Waals surface area contributed by atoms with Crippen LogP contribution < -0.4 is 5.32 Å². The van der Waals surface area contributed by atoms with E-state index in [4.69, 9.17) is 0 Å². The average molecular weight is 273 g/mol. The minimum Gasteiger partial charge on any atom is -0.352 e. The Balaban J connectivity index is 2.98. The molecule has 1 atom stereocenters. The van der Waals surface area contributed by atoms with Crippen molar-refractivity contribution in [3.05, 3.63) is 41.0 Å². The predicted octanol–water partition coefficient (Wildman–Crippen LogP) is 3.96. The lowest BCUT2D eigenvalue weighted by Gasteiger charge is -2.12. The molecule has 0 aliphatic heterocycles. The fraction of sp³-hybridized carbons (Fsp3) is 0.312. The molecule has 2 nitrogen and oxygen atoms in total. The molecule has 0 spiro atoms. The fourth-order valence-electron chi connectivity index (χ4n) is 1.67. The molecule has 100 valence electrons. The number of thioether (sulfide) groups is 1. The van der Waals surface area contributed by atoms with E-state index in [2.05, 4.69) is 42.5 Å². The van der Waals surface area contributed by atoms with Crippen molar-refractivity contribution in [2.45, 2.75) is 33.7 Å². The molecule has 0 aromatic heterocycles. The number of hydrogen-bond donors (Lipinski definition) is 1. The average Bonchev–Trinajstić information content (AvgIpc) is 2.40. The monoisotopic (exact) mass is 273 g/mol. The maximum Gasteiger partial charge on any atom is 0.207 e. The van der Waals surface area contributed by atoms with E-state index in [1.807, 2.05) is 26.0 Å². The zero-order valence-electron chi connectivity index (χ0n) is 11.8. The molecule has 1 aromatic carbocycles. The second-order valence-corrected chi connectivity index (χ2v) is 5.23. The number of rotatable bonds is 5. The Bertz CT molecular complexity index is 516. The third kappa shape index (κ3) is 4.50. The van der Waals surface area contributed by atoms with Gasteiger partial charge in [0.2, 0.25) is 6.41 Å². The van der Waals surface area contributed by atoms with Crippen molar-refractivity contribution >= 4 is 23.1 Å². The lowest BCUT2D eigenvalue weighted by atomic mass is 10.0. The van der Waals surface area contributed by atoms with E-state index >= 15 is 0 Å². The third-order valence-corrected chi connectivity index (χ3v) is 3.85. The van der Waals surface area contributed by atoms with Gasteiger partial charge >= 0.3 is 0 Å². The standard InChI is InChI=1S/C16H19NOS/c1-5-10-19-16(12(2)3)15-8-6-14(7-9-15)13(4)17-11-18/h6-9,11,13H,1-4H3,(H,17,18). The highest BCUT2D eigenvalue weighted by Crippen LogP contribution is 2.30. The largest absolute Gasteiger partial charge is 0.352 e. The number of carbonyl (C=O) groups is 1. The number of nitrogens with one attached hydrogen (secondary N) is 1. The Morgan fingerprint density at radius 3 is 2.42 bits per heavy atom. The van der Waals surface area contributed by atoms with Crippen molar-refractivity contribution in [1.82, 2.24) is 5.32 Å².